The third-order valence-electron chi connectivity index (χ3n) is 2.81. The van der Waals surface area contributed by atoms with Crippen molar-refractivity contribution in [3.63, 3.8) is 0 Å². The number of nitrogens with zero attached hydrogens (tertiary/aromatic N) is 1. The first-order chi connectivity index (χ1) is 8.25. The summed E-state index contributed by atoms with van der Waals surface area (Å²) in [6, 6.07) is 7.41. The average molecular weight is 285 g/mol. The van der Waals surface area contributed by atoms with Gasteiger partial charge < -0.3 is 10.6 Å². The lowest BCUT2D eigenvalue weighted by molar-refractivity contribution is -0.136. The highest BCUT2D eigenvalue weighted by molar-refractivity contribution is 7.80. The summed E-state index contributed by atoms with van der Waals surface area (Å²) in [4.78, 5) is 14.0. The molecule has 0 aliphatic carbocycles. The number of thiocarbonyl (C=S) groups is 1. The number of rotatable bonds is 4. The van der Waals surface area contributed by atoms with Gasteiger partial charge in [-0.25, -0.2) is 0 Å². The highest BCUT2D eigenvalue weighted by Gasteiger charge is 2.33. The van der Waals surface area contributed by atoms with E-state index in [4.69, 9.17) is 29.6 Å². The Kier molecular flexibility index (Phi) is 4.71. The van der Waals surface area contributed by atoms with Crippen LogP contribution in [0.5, 0.6) is 0 Å². The van der Waals surface area contributed by atoms with Crippen molar-refractivity contribution in [1.29, 1.82) is 0 Å². The van der Waals surface area contributed by atoms with E-state index in [0.29, 0.717) is 11.6 Å². The molecule has 2 N–H and O–H groups in total. The van der Waals surface area contributed by atoms with Gasteiger partial charge >= 0.3 is 0 Å². The molecule has 3 nitrogen and oxygen atoms in total. The lowest BCUT2D eigenvalue weighted by Crippen LogP contribution is -2.45. The summed E-state index contributed by atoms with van der Waals surface area (Å²) in [6.07, 6.45) is 0. The van der Waals surface area contributed by atoms with Crippen LogP contribution >= 0.6 is 23.8 Å². The van der Waals surface area contributed by atoms with Gasteiger partial charge in [0.05, 0.1) is 10.4 Å². The minimum atomic E-state index is -0.831. The van der Waals surface area contributed by atoms with Crippen molar-refractivity contribution in [2.24, 2.45) is 11.1 Å². The topological polar surface area (TPSA) is 46.3 Å². The fraction of sp³-hybridized carbons (Fsp3) is 0.385. The molecule has 18 heavy (non-hydrogen) atoms. The summed E-state index contributed by atoms with van der Waals surface area (Å²) in [5, 5.41) is 0.655. The van der Waals surface area contributed by atoms with Gasteiger partial charge in [0, 0.05) is 18.6 Å². The first-order valence-electron chi connectivity index (χ1n) is 5.55. The van der Waals surface area contributed by atoms with Crippen LogP contribution in [0.2, 0.25) is 5.02 Å². The quantitative estimate of drug-likeness (QED) is 0.865. The maximum Gasteiger partial charge on any atom is 0.235 e. The van der Waals surface area contributed by atoms with Crippen molar-refractivity contribution in [1.82, 2.24) is 4.90 Å². The Morgan fingerprint density at radius 2 is 2.11 bits per heavy atom. The number of halogens is 1. The van der Waals surface area contributed by atoms with Crippen molar-refractivity contribution >= 4 is 34.7 Å². The molecule has 0 saturated heterocycles. The summed E-state index contributed by atoms with van der Waals surface area (Å²) in [5.41, 5.74) is 5.73. The van der Waals surface area contributed by atoms with Crippen LogP contribution in [-0.4, -0.2) is 22.8 Å². The molecule has 5 heteroatoms. The van der Waals surface area contributed by atoms with Crippen LogP contribution in [0.3, 0.4) is 0 Å². The zero-order valence-corrected chi connectivity index (χ0v) is 12.3. The van der Waals surface area contributed by atoms with Gasteiger partial charge in [-0.15, -0.1) is 0 Å². The maximum atomic E-state index is 12.2. The fourth-order valence-corrected chi connectivity index (χ4v) is 1.86. The first kappa shape index (κ1) is 14.9. The van der Waals surface area contributed by atoms with Crippen LogP contribution in [0.25, 0.3) is 0 Å². The van der Waals surface area contributed by atoms with Gasteiger partial charge in [0.1, 0.15) is 0 Å². The number of hydrogen-bond acceptors (Lipinski definition) is 2. The normalized spacial score (nSPS) is 11.1. The van der Waals surface area contributed by atoms with Crippen molar-refractivity contribution in [2.45, 2.75) is 20.4 Å². The standard InChI is InChI=1S/C13H17ClN2OS/c1-13(2,11(15)18)12(17)16(3)8-9-5-4-6-10(14)7-9/h4-7H,8H2,1-3H3,(H2,15,18). The fourth-order valence-electron chi connectivity index (χ4n) is 1.56. The number of carbonyl (C=O) groups excluding carboxylic acids is 1. The van der Waals surface area contributed by atoms with Gasteiger partial charge in [0.2, 0.25) is 5.91 Å². The number of amides is 1. The Hall–Kier alpha value is -1.13. The smallest absolute Gasteiger partial charge is 0.235 e. The monoisotopic (exact) mass is 284 g/mol. The van der Waals surface area contributed by atoms with Gasteiger partial charge in [-0.3, -0.25) is 4.79 Å². The van der Waals surface area contributed by atoms with Crippen LogP contribution in [0.15, 0.2) is 24.3 Å². The minimum Gasteiger partial charge on any atom is -0.392 e. The van der Waals surface area contributed by atoms with Gasteiger partial charge in [-0.05, 0) is 31.5 Å². The molecular formula is C13H17ClN2OS. The molecule has 1 aromatic carbocycles. The number of hydrogen-bond donors (Lipinski definition) is 1. The van der Waals surface area contributed by atoms with Crippen molar-refractivity contribution in [2.75, 3.05) is 7.05 Å². The summed E-state index contributed by atoms with van der Waals surface area (Å²) in [5.74, 6) is -0.102. The second-order valence-electron chi connectivity index (χ2n) is 4.78. The van der Waals surface area contributed by atoms with E-state index in [1.807, 2.05) is 18.2 Å². The molecular weight excluding hydrogens is 268 g/mol. The molecule has 1 amide bonds. The Balaban J connectivity index is 2.80. The zero-order valence-electron chi connectivity index (χ0n) is 10.7. The van der Waals surface area contributed by atoms with E-state index in [0.717, 1.165) is 5.56 Å². The molecule has 0 aliphatic rings. The Bertz CT molecular complexity index is 474. The van der Waals surface area contributed by atoms with Gasteiger partial charge in [0.25, 0.3) is 0 Å². The summed E-state index contributed by atoms with van der Waals surface area (Å²) in [6.45, 7) is 3.93. The molecule has 1 aromatic rings. The van der Waals surface area contributed by atoms with Crippen LogP contribution in [0.4, 0.5) is 0 Å². The predicted molar refractivity (Wildman–Crippen MR) is 78.5 cm³/mol. The predicted octanol–water partition coefficient (Wildman–Crippen LogP) is 2.61. The molecule has 0 bridgehead atoms. The molecule has 0 spiro atoms. The van der Waals surface area contributed by atoms with Crippen LogP contribution < -0.4 is 5.73 Å². The van der Waals surface area contributed by atoms with Crippen LogP contribution in [0, 0.1) is 5.41 Å². The number of nitrogens with two attached hydrogens (primary N) is 1. The molecule has 1 rings (SSSR count). The first-order valence-corrected chi connectivity index (χ1v) is 6.33. The van der Waals surface area contributed by atoms with E-state index in [9.17, 15) is 4.79 Å². The summed E-state index contributed by atoms with van der Waals surface area (Å²) in [7, 11) is 1.73. The molecule has 0 atom stereocenters. The molecule has 0 aromatic heterocycles. The molecule has 0 radical (unpaired) electrons. The van der Waals surface area contributed by atoms with E-state index in [2.05, 4.69) is 0 Å². The Morgan fingerprint density at radius 3 is 2.61 bits per heavy atom. The summed E-state index contributed by atoms with van der Waals surface area (Å²) < 4.78 is 0. The van der Waals surface area contributed by atoms with E-state index in [1.54, 1.807) is 31.9 Å². The average Bonchev–Trinajstić information content (AvgIpc) is 2.27. The van der Waals surface area contributed by atoms with Crippen molar-refractivity contribution in [3.8, 4) is 0 Å². The second kappa shape index (κ2) is 5.67. The summed E-state index contributed by atoms with van der Waals surface area (Å²) >= 11 is 10.8. The largest absolute Gasteiger partial charge is 0.392 e. The van der Waals surface area contributed by atoms with Crippen molar-refractivity contribution in [3.05, 3.63) is 34.9 Å². The van der Waals surface area contributed by atoms with E-state index in [-0.39, 0.29) is 10.9 Å². The zero-order chi connectivity index (χ0) is 13.9. The Labute approximate surface area is 118 Å². The Morgan fingerprint density at radius 1 is 1.50 bits per heavy atom. The molecule has 0 heterocycles. The van der Waals surface area contributed by atoms with Gasteiger partial charge in [-0.2, -0.15) is 0 Å². The van der Waals surface area contributed by atoms with Crippen LogP contribution in [-0.2, 0) is 11.3 Å². The SMILES string of the molecule is CN(Cc1cccc(Cl)c1)C(=O)C(C)(C)C(N)=S. The van der Waals surface area contributed by atoms with E-state index in [1.165, 1.54) is 0 Å². The number of benzene rings is 1. The highest BCUT2D eigenvalue weighted by Crippen LogP contribution is 2.20. The molecule has 0 unspecified atom stereocenters. The number of carbonyl (C=O) groups is 1. The maximum absolute atomic E-state index is 12.2. The molecule has 0 fully saturated rings. The third-order valence-corrected chi connectivity index (χ3v) is 3.55. The van der Waals surface area contributed by atoms with Gasteiger partial charge in [0.15, 0.2) is 0 Å². The molecule has 0 aliphatic heterocycles. The molecule has 98 valence electrons. The minimum absolute atomic E-state index is 0.102. The van der Waals surface area contributed by atoms with Crippen molar-refractivity contribution < 1.29 is 4.79 Å². The van der Waals surface area contributed by atoms with E-state index < -0.39 is 5.41 Å². The van der Waals surface area contributed by atoms with Gasteiger partial charge in [-0.1, -0.05) is 36.0 Å². The lowest BCUT2D eigenvalue weighted by atomic mass is 9.91. The van der Waals surface area contributed by atoms with Crippen LogP contribution in [0.1, 0.15) is 19.4 Å². The van der Waals surface area contributed by atoms with E-state index >= 15 is 0 Å². The molecule has 0 saturated carbocycles. The third kappa shape index (κ3) is 3.43. The highest BCUT2D eigenvalue weighted by atomic mass is 35.5. The lowest BCUT2D eigenvalue weighted by Gasteiger charge is -2.28. The second-order valence-corrected chi connectivity index (χ2v) is 5.66.